The highest BCUT2D eigenvalue weighted by Gasteiger charge is 2.20. The third-order valence-electron chi connectivity index (χ3n) is 7.57. The molecule has 0 radical (unpaired) electrons. The number of imidazole rings is 3. The first-order valence-electron chi connectivity index (χ1n) is 15.5. The van der Waals surface area contributed by atoms with Gasteiger partial charge < -0.3 is 47.6 Å². The lowest BCUT2D eigenvalue weighted by molar-refractivity contribution is 0.172. The van der Waals surface area contributed by atoms with Gasteiger partial charge in [0.15, 0.2) is 23.0 Å². The van der Waals surface area contributed by atoms with Crippen molar-refractivity contribution in [3.63, 3.8) is 0 Å². The van der Waals surface area contributed by atoms with Gasteiger partial charge in [0.1, 0.15) is 42.6 Å². The highest BCUT2D eigenvalue weighted by atomic mass is 32.2. The van der Waals surface area contributed by atoms with Crippen LogP contribution in [0.3, 0.4) is 0 Å². The predicted molar refractivity (Wildman–Crippen MR) is 211 cm³/mol. The van der Waals surface area contributed by atoms with Gasteiger partial charge in [-0.2, -0.15) is 0 Å². The second-order valence-electron chi connectivity index (χ2n) is 11.9. The fraction of sp³-hybridized carbons (Fsp3) is 0.250. The van der Waals surface area contributed by atoms with E-state index in [1.54, 1.807) is 24.3 Å². The maximum absolute atomic E-state index is 12.0. The summed E-state index contributed by atoms with van der Waals surface area (Å²) in [4.78, 5) is 20.2. The fourth-order valence-electron chi connectivity index (χ4n) is 4.96. The Morgan fingerprint density at radius 2 is 0.945 bits per heavy atom. The number of benzene rings is 3. The largest absolute Gasteiger partial charge is 0.489 e. The molecule has 3 aromatic carbocycles. The Morgan fingerprint density at radius 3 is 1.35 bits per heavy atom. The molecule has 3 unspecified atom stereocenters. The van der Waals surface area contributed by atoms with Crippen molar-refractivity contribution < 1.29 is 53.7 Å². The van der Waals surface area contributed by atoms with E-state index in [4.69, 9.17) is 18.9 Å². The molecule has 23 heteroatoms. The van der Waals surface area contributed by atoms with Gasteiger partial charge in [0.25, 0.3) is 0 Å². The third-order valence-corrected chi connectivity index (χ3v) is 11.8. The summed E-state index contributed by atoms with van der Waals surface area (Å²) in [6.45, 7) is 2.15. The molecule has 2 aliphatic heterocycles. The molecule has 0 bridgehead atoms. The number of hydrogen-bond donors (Lipinski definition) is 6. The lowest BCUT2D eigenvalue weighted by Crippen LogP contribution is -2.22. The molecule has 3 atom stereocenters. The minimum absolute atomic E-state index is 0. The number of hydrogen-bond acceptors (Lipinski definition) is 12. The van der Waals surface area contributed by atoms with Crippen molar-refractivity contribution >= 4 is 90.1 Å². The molecule has 2 aliphatic rings. The van der Waals surface area contributed by atoms with Crippen LogP contribution in [-0.4, -0.2) is 127 Å². The van der Waals surface area contributed by atoms with Gasteiger partial charge in [-0.1, -0.05) is 7.43 Å². The SMILES string of the molecule is C.C=S(=O)(O)c1nc2cc3c(cc2[nH]1)OCCCO3.C=S(=O)(O)c1nc2cc3c(cc2[nH]1)OCCO3.C=S(=O)(O)c1nc2ccc(S(=O)(=O)N(C)C)cc2[nH]1. The van der Waals surface area contributed by atoms with Crippen LogP contribution in [0.25, 0.3) is 33.1 Å². The summed E-state index contributed by atoms with van der Waals surface area (Å²) in [6, 6.07) is 11.0. The smallest absolute Gasteiger partial charge is 0.242 e. The summed E-state index contributed by atoms with van der Waals surface area (Å²) in [6.07, 6.45) is 0.824. The lowest BCUT2D eigenvalue weighted by atomic mass is 10.2. The van der Waals surface area contributed by atoms with Crippen molar-refractivity contribution in [3.05, 3.63) is 42.5 Å². The molecule has 298 valence electrons. The molecule has 0 saturated carbocycles. The summed E-state index contributed by atoms with van der Waals surface area (Å²) in [7, 11) is -10.8. The van der Waals surface area contributed by atoms with Crippen LogP contribution in [0.5, 0.6) is 23.0 Å². The molecule has 8 rings (SSSR count). The van der Waals surface area contributed by atoms with Gasteiger partial charge >= 0.3 is 0 Å². The molecule has 19 nitrogen and oxygen atoms in total. The summed E-state index contributed by atoms with van der Waals surface area (Å²) in [5.41, 5.74) is 3.12. The van der Waals surface area contributed by atoms with Crippen molar-refractivity contribution in [2.24, 2.45) is 0 Å². The normalized spacial score (nSPS) is 17.0. The highest BCUT2D eigenvalue weighted by Crippen LogP contribution is 2.35. The number of nitrogens with zero attached hydrogens (tertiary/aromatic N) is 4. The first-order chi connectivity index (χ1) is 25.2. The van der Waals surface area contributed by atoms with Crippen molar-refractivity contribution in [2.45, 2.75) is 34.2 Å². The molecule has 55 heavy (non-hydrogen) atoms. The molecule has 6 N–H and O–H groups in total. The van der Waals surface area contributed by atoms with Crippen molar-refractivity contribution in [1.29, 1.82) is 0 Å². The van der Waals surface area contributed by atoms with Crippen LogP contribution >= 0.6 is 0 Å². The zero-order chi connectivity index (χ0) is 39.2. The van der Waals surface area contributed by atoms with E-state index in [1.807, 2.05) is 0 Å². The van der Waals surface area contributed by atoms with E-state index in [2.05, 4.69) is 47.5 Å². The molecular weight excluding hydrogens is 803 g/mol. The topological polar surface area (TPSA) is 272 Å². The molecular formula is C32H39N7O12S4. The van der Waals surface area contributed by atoms with Crippen LogP contribution in [0, 0.1) is 0 Å². The number of rotatable bonds is 5. The predicted octanol–water partition coefficient (Wildman–Crippen LogP) is 3.15. The van der Waals surface area contributed by atoms with E-state index < -0.39 is 39.4 Å². The first kappa shape index (κ1) is 41.3. The van der Waals surface area contributed by atoms with Gasteiger partial charge in [-0.15, -0.1) is 0 Å². The Labute approximate surface area is 317 Å². The van der Waals surface area contributed by atoms with E-state index in [0.717, 1.165) is 10.7 Å². The molecule has 0 amide bonds. The number of nitrogens with one attached hydrogen (secondary N) is 3. The minimum Gasteiger partial charge on any atom is -0.489 e. The van der Waals surface area contributed by atoms with E-state index in [0.29, 0.717) is 82.5 Å². The van der Waals surface area contributed by atoms with Gasteiger partial charge in [-0.3, -0.25) is 0 Å². The van der Waals surface area contributed by atoms with Crippen LogP contribution in [0.2, 0.25) is 0 Å². The maximum atomic E-state index is 12.0. The van der Waals surface area contributed by atoms with Crippen molar-refractivity contribution in [3.8, 4) is 23.0 Å². The second-order valence-corrected chi connectivity index (χ2v) is 19.0. The number of H-pyrrole nitrogens is 3. The van der Waals surface area contributed by atoms with Gasteiger partial charge in [0, 0.05) is 44.8 Å². The summed E-state index contributed by atoms with van der Waals surface area (Å²) < 4.78 is 109. The average molecular weight is 842 g/mol. The number of sulfonamides is 1. The van der Waals surface area contributed by atoms with E-state index in [-0.39, 0.29) is 27.8 Å². The Bertz CT molecular complexity index is 2760. The highest BCUT2D eigenvalue weighted by molar-refractivity contribution is 7.95. The molecule has 5 heterocycles. The minimum atomic E-state index is -3.56. The van der Waals surface area contributed by atoms with Crippen molar-refractivity contribution in [1.82, 2.24) is 34.2 Å². The zero-order valence-electron chi connectivity index (χ0n) is 28.6. The van der Waals surface area contributed by atoms with Crippen LogP contribution in [-0.2, 0) is 39.4 Å². The van der Waals surface area contributed by atoms with Crippen LogP contribution < -0.4 is 18.9 Å². The van der Waals surface area contributed by atoms with Crippen LogP contribution in [0.1, 0.15) is 13.8 Å². The van der Waals surface area contributed by atoms with Gasteiger partial charge in [0.2, 0.25) is 25.5 Å². The summed E-state index contributed by atoms with van der Waals surface area (Å²) in [5.74, 6) is 11.8. The third kappa shape index (κ3) is 9.16. The van der Waals surface area contributed by atoms with Crippen LogP contribution in [0.15, 0.2) is 62.8 Å². The number of fused-ring (bicyclic) bond motifs is 5. The number of aromatic amines is 3. The van der Waals surface area contributed by atoms with E-state index in [9.17, 15) is 34.7 Å². The lowest BCUT2D eigenvalue weighted by Gasteiger charge is -2.17. The Hall–Kier alpha value is -4.88. The van der Waals surface area contributed by atoms with Gasteiger partial charge in [-0.25, -0.2) is 40.3 Å². The zero-order valence-corrected chi connectivity index (χ0v) is 31.9. The molecule has 0 spiro atoms. The van der Waals surface area contributed by atoms with Gasteiger partial charge in [0.05, 0.1) is 51.2 Å². The van der Waals surface area contributed by atoms with Crippen LogP contribution in [0.4, 0.5) is 0 Å². The summed E-state index contributed by atoms with van der Waals surface area (Å²) >= 11 is 0. The van der Waals surface area contributed by atoms with Crippen molar-refractivity contribution in [2.75, 3.05) is 40.5 Å². The Kier molecular flexibility index (Phi) is 11.5. The monoisotopic (exact) mass is 841 g/mol. The number of ether oxygens (including phenoxy) is 4. The maximum Gasteiger partial charge on any atom is 0.242 e. The quantitative estimate of drug-likeness (QED) is 0.136. The first-order valence-corrected chi connectivity index (χ1v) is 22.0. The molecule has 0 fully saturated rings. The fourth-order valence-corrected chi connectivity index (χ4v) is 7.42. The standard InChI is InChI=1S/C11H12N2O4S.C10H13N3O4S2.C10H10N2O4S.CH4/c1-18(14,15)11-12-7-5-9-10(6-8(7)13-11)17-4-2-3-16-9;1-13(2)19(16,17)7-4-5-8-9(6-7)12-10(11-8)18(3,14)15;1-17(13,14)10-11-6-4-8-9(5-7(6)12-10)16-3-2-15-8;/h5-6H,1-4H2,(H,12,13)(H,14,15);4-6H,3H2,1-2H3,(H,11,12)(H,14,15);4-5H,1-3H2,(H,11,12)(H,13,14);1H4. The molecule has 6 aromatic rings. The molecule has 0 saturated heterocycles. The van der Waals surface area contributed by atoms with E-state index >= 15 is 0 Å². The van der Waals surface area contributed by atoms with E-state index in [1.165, 1.54) is 32.3 Å². The molecule has 0 aliphatic carbocycles. The summed E-state index contributed by atoms with van der Waals surface area (Å²) in [5, 5.41) is -0.269. The molecule has 3 aromatic heterocycles. The Balaban J connectivity index is 0.000000157. The number of aromatic nitrogens is 6. The van der Waals surface area contributed by atoms with Gasteiger partial charge in [-0.05, 0) is 35.8 Å². The second kappa shape index (κ2) is 15.3. The average Bonchev–Trinajstić information content (AvgIpc) is 3.79. The Morgan fingerprint density at radius 1 is 0.582 bits per heavy atom.